The Morgan fingerprint density at radius 2 is 1.56 bits per heavy atom. The van der Waals surface area contributed by atoms with E-state index in [9.17, 15) is 18.4 Å². The Morgan fingerprint density at radius 1 is 0.923 bits per heavy atom. The minimum atomic E-state index is -0.724. The van der Waals surface area contributed by atoms with E-state index in [0.29, 0.717) is 27.5 Å². The highest BCUT2D eigenvalue weighted by molar-refractivity contribution is 7.20. The monoisotopic (exact) mass is 544 g/mol. The summed E-state index contributed by atoms with van der Waals surface area (Å²) in [6, 6.07) is 17.4. The summed E-state index contributed by atoms with van der Waals surface area (Å²) in [5.41, 5.74) is 3.75. The number of carbonyl (C=O) groups excluding carboxylic acids is 2. The Morgan fingerprint density at radius 3 is 2.21 bits per heavy atom. The molecule has 9 heteroatoms. The van der Waals surface area contributed by atoms with Crippen LogP contribution in [0.1, 0.15) is 45.8 Å². The lowest BCUT2D eigenvalue weighted by Crippen LogP contribution is -2.41. The van der Waals surface area contributed by atoms with Gasteiger partial charge in [0.25, 0.3) is 11.8 Å². The van der Waals surface area contributed by atoms with Crippen LogP contribution in [0.5, 0.6) is 0 Å². The molecule has 0 spiro atoms. The van der Waals surface area contributed by atoms with Crippen LogP contribution < -0.4 is 10.6 Å². The van der Waals surface area contributed by atoms with Crippen LogP contribution in [0, 0.1) is 18.6 Å². The molecule has 5 aromatic rings. The zero-order valence-corrected chi connectivity index (χ0v) is 22.6. The number of carbonyl (C=O) groups is 2. The van der Waals surface area contributed by atoms with Gasteiger partial charge in [0.15, 0.2) is 4.96 Å². The lowest BCUT2D eigenvalue weighted by Gasteiger charge is -2.27. The lowest BCUT2D eigenvalue weighted by atomic mass is 9.93. The molecule has 2 aromatic heterocycles. The van der Waals surface area contributed by atoms with Gasteiger partial charge >= 0.3 is 0 Å². The van der Waals surface area contributed by atoms with E-state index in [4.69, 9.17) is 4.98 Å². The Kier molecular flexibility index (Phi) is 6.78. The maximum absolute atomic E-state index is 13.5. The van der Waals surface area contributed by atoms with E-state index in [1.807, 2.05) is 39.1 Å². The van der Waals surface area contributed by atoms with Gasteiger partial charge in [-0.1, -0.05) is 29.5 Å². The average Bonchev–Trinajstić information content (AvgIpc) is 3.47. The van der Waals surface area contributed by atoms with E-state index < -0.39 is 5.54 Å². The van der Waals surface area contributed by atoms with E-state index in [1.165, 1.54) is 35.6 Å². The average molecular weight is 545 g/mol. The number of halogens is 2. The van der Waals surface area contributed by atoms with Gasteiger partial charge in [0, 0.05) is 24.4 Å². The highest BCUT2D eigenvalue weighted by Gasteiger charge is 2.25. The molecule has 0 aliphatic rings. The highest BCUT2D eigenvalue weighted by atomic mass is 32.1. The summed E-state index contributed by atoms with van der Waals surface area (Å²) in [6.45, 7) is 5.67. The summed E-state index contributed by atoms with van der Waals surface area (Å²) in [5.74, 6) is -1.30. The third-order valence-corrected chi connectivity index (χ3v) is 7.66. The van der Waals surface area contributed by atoms with Gasteiger partial charge in [-0.3, -0.25) is 14.0 Å². The van der Waals surface area contributed by atoms with Crippen molar-refractivity contribution in [2.45, 2.75) is 26.3 Å². The van der Waals surface area contributed by atoms with Crippen LogP contribution in [-0.2, 0) is 5.54 Å². The standard InChI is InChI=1S/C30H26F2N4O2S/c1-17-5-6-19(27(37)35-30(2,3)20-9-13-22(32)14-10-20)15-23(17)24-16-36-26(28(38)33-4)25(34-29(36)39-24)18-7-11-21(31)12-8-18/h5-16H,1-4H3,(H,33,38)(H,35,37). The molecule has 5 rings (SSSR count). The van der Waals surface area contributed by atoms with Crippen molar-refractivity contribution in [3.05, 3.63) is 107 Å². The second-order valence-corrected chi connectivity index (χ2v) is 10.8. The Bertz CT molecular complexity index is 1700. The molecule has 2 amide bonds. The number of hydrogen-bond acceptors (Lipinski definition) is 4. The molecule has 0 fully saturated rings. The van der Waals surface area contributed by atoms with E-state index in [0.717, 1.165) is 21.6 Å². The summed E-state index contributed by atoms with van der Waals surface area (Å²) in [4.78, 5) is 32.2. The summed E-state index contributed by atoms with van der Waals surface area (Å²) < 4.78 is 28.6. The Hall–Kier alpha value is -4.37. The second-order valence-electron chi connectivity index (χ2n) is 9.76. The summed E-state index contributed by atoms with van der Waals surface area (Å²) in [6.07, 6.45) is 1.83. The number of thiazole rings is 1. The highest BCUT2D eigenvalue weighted by Crippen LogP contribution is 2.35. The zero-order valence-electron chi connectivity index (χ0n) is 21.8. The number of amides is 2. The van der Waals surface area contributed by atoms with Crippen molar-refractivity contribution in [2.75, 3.05) is 7.05 Å². The quantitative estimate of drug-likeness (QED) is 0.262. The molecule has 2 N–H and O–H groups in total. The van der Waals surface area contributed by atoms with Crippen LogP contribution in [0.2, 0.25) is 0 Å². The fraction of sp³-hybridized carbons (Fsp3) is 0.167. The SMILES string of the molecule is CNC(=O)c1c(-c2ccc(F)cc2)nc2sc(-c3cc(C(=O)NC(C)(C)c4ccc(F)cc4)ccc3C)cn12. The number of nitrogens with one attached hydrogen (secondary N) is 2. The van der Waals surface area contributed by atoms with Crippen molar-refractivity contribution in [1.82, 2.24) is 20.0 Å². The Labute approximate surface area is 228 Å². The fourth-order valence-corrected chi connectivity index (χ4v) is 5.50. The van der Waals surface area contributed by atoms with Gasteiger partial charge < -0.3 is 10.6 Å². The molecule has 198 valence electrons. The molecule has 3 aromatic carbocycles. The smallest absolute Gasteiger partial charge is 0.270 e. The minimum Gasteiger partial charge on any atom is -0.354 e. The van der Waals surface area contributed by atoms with Crippen molar-refractivity contribution < 1.29 is 18.4 Å². The van der Waals surface area contributed by atoms with Crippen LogP contribution in [-0.4, -0.2) is 28.2 Å². The van der Waals surface area contributed by atoms with Crippen LogP contribution in [0.15, 0.2) is 72.9 Å². The largest absolute Gasteiger partial charge is 0.354 e. The first kappa shape index (κ1) is 26.2. The molecule has 0 bridgehead atoms. The number of aromatic nitrogens is 2. The maximum Gasteiger partial charge on any atom is 0.270 e. The zero-order chi connectivity index (χ0) is 27.9. The third kappa shape index (κ3) is 5.05. The topological polar surface area (TPSA) is 75.5 Å². The van der Waals surface area contributed by atoms with Gasteiger partial charge in [0.05, 0.1) is 10.4 Å². The van der Waals surface area contributed by atoms with E-state index in [-0.39, 0.29) is 23.4 Å². The van der Waals surface area contributed by atoms with E-state index in [2.05, 4.69) is 10.6 Å². The van der Waals surface area contributed by atoms with Crippen LogP contribution in [0.25, 0.3) is 26.7 Å². The van der Waals surface area contributed by atoms with Crippen molar-refractivity contribution >= 4 is 28.1 Å². The van der Waals surface area contributed by atoms with Gasteiger partial charge in [-0.15, -0.1) is 0 Å². The minimum absolute atomic E-state index is 0.267. The molecule has 0 radical (unpaired) electrons. The number of hydrogen-bond donors (Lipinski definition) is 2. The molecule has 0 saturated carbocycles. The van der Waals surface area contributed by atoms with E-state index in [1.54, 1.807) is 41.8 Å². The fourth-order valence-electron chi connectivity index (χ4n) is 4.44. The first-order valence-electron chi connectivity index (χ1n) is 12.3. The molecular weight excluding hydrogens is 518 g/mol. The van der Waals surface area contributed by atoms with Gasteiger partial charge in [0.1, 0.15) is 23.0 Å². The molecule has 39 heavy (non-hydrogen) atoms. The molecule has 0 aliphatic heterocycles. The van der Waals surface area contributed by atoms with Crippen molar-refractivity contribution in [3.8, 4) is 21.7 Å². The van der Waals surface area contributed by atoms with Gasteiger partial charge in [-0.2, -0.15) is 0 Å². The number of benzene rings is 3. The number of aryl methyl sites for hydroxylation is 1. The summed E-state index contributed by atoms with van der Waals surface area (Å²) in [7, 11) is 1.54. The summed E-state index contributed by atoms with van der Waals surface area (Å²) >= 11 is 1.39. The van der Waals surface area contributed by atoms with Crippen LogP contribution in [0.3, 0.4) is 0 Å². The molecule has 0 saturated heterocycles. The number of rotatable bonds is 6. The van der Waals surface area contributed by atoms with Gasteiger partial charge in [0.2, 0.25) is 0 Å². The molecular formula is C30H26F2N4O2S. The van der Waals surface area contributed by atoms with Crippen LogP contribution in [0.4, 0.5) is 8.78 Å². The normalized spacial score (nSPS) is 11.5. The third-order valence-electron chi connectivity index (χ3n) is 6.64. The predicted octanol–water partition coefficient (Wildman–Crippen LogP) is 6.34. The van der Waals surface area contributed by atoms with Crippen molar-refractivity contribution in [1.29, 1.82) is 0 Å². The van der Waals surface area contributed by atoms with Crippen LogP contribution >= 0.6 is 11.3 Å². The van der Waals surface area contributed by atoms with Gasteiger partial charge in [-0.05, 0) is 86.0 Å². The maximum atomic E-state index is 13.5. The van der Waals surface area contributed by atoms with Crippen molar-refractivity contribution in [2.24, 2.45) is 0 Å². The molecule has 0 aliphatic carbocycles. The summed E-state index contributed by atoms with van der Waals surface area (Å²) in [5, 5.41) is 5.69. The molecule has 6 nitrogen and oxygen atoms in total. The first-order chi connectivity index (χ1) is 18.6. The molecule has 2 heterocycles. The number of imidazole rings is 1. The Balaban J connectivity index is 1.51. The predicted molar refractivity (Wildman–Crippen MR) is 149 cm³/mol. The molecule has 0 atom stereocenters. The van der Waals surface area contributed by atoms with Gasteiger partial charge in [-0.25, -0.2) is 13.8 Å². The number of nitrogens with zero attached hydrogens (tertiary/aromatic N) is 2. The van der Waals surface area contributed by atoms with E-state index >= 15 is 0 Å². The lowest BCUT2D eigenvalue weighted by molar-refractivity contribution is 0.0910. The first-order valence-corrected chi connectivity index (χ1v) is 13.1. The molecule has 0 unspecified atom stereocenters. The van der Waals surface area contributed by atoms with Crippen molar-refractivity contribution in [3.63, 3.8) is 0 Å². The second kappa shape index (κ2) is 10.1. The number of fused-ring (bicyclic) bond motifs is 1.